The lowest BCUT2D eigenvalue weighted by Crippen LogP contribution is -2.54. The van der Waals surface area contributed by atoms with Gasteiger partial charge in [0.25, 0.3) is 0 Å². The minimum Gasteiger partial charge on any atom is -0.437 e. The molecule has 2 saturated heterocycles. The van der Waals surface area contributed by atoms with E-state index in [-0.39, 0.29) is 41.4 Å². The first-order chi connectivity index (χ1) is 20.0. The number of Topliss-reactive ketones (excluding diaryl/α,β-unsaturated/α-hetero) is 1. The summed E-state index contributed by atoms with van der Waals surface area (Å²) in [7, 11) is 0. The number of urea groups is 1. The minimum absolute atomic E-state index is 0.0820. The van der Waals surface area contributed by atoms with Crippen molar-refractivity contribution in [2.45, 2.75) is 72.3 Å². The highest BCUT2D eigenvalue weighted by molar-refractivity contribution is 5.99. The zero-order valence-electron chi connectivity index (χ0n) is 25.5. The first-order valence-electron chi connectivity index (χ1n) is 15.0. The molecule has 1 unspecified atom stereocenters. The fraction of sp³-hybridized carbons (Fsp3) is 0.667. The van der Waals surface area contributed by atoms with Crippen LogP contribution in [0, 0.1) is 11.3 Å². The Balaban J connectivity index is 1.40. The van der Waals surface area contributed by atoms with Crippen LogP contribution in [0.25, 0.3) is 0 Å². The molecule has 2 aliphatic heterocycles. The largest absolute Gasteiger partial charge is 0.437 e. The van der Waals surface area contributed by atoms with Crippen LogP contribution < -0.4 is 15.5 Å². The molecule has 0 aromatic carbocycles. The topological polar surface area (TPSA) is 143 Å². The van der Waals surface area contributed by atoms with E-state index in [9.17, 15) is 14.4 Å². The second-order valence-corrected chi connectivity index (χ2v) is 12.7. The number of ketones is 1. The Bertz CT molecular complexity index is 1200. The Morgan fingerprint density at radius 2 is 1.71 bits per heavy atom. The molecule has 3 amide bonds. The molecular formula is C30H45N7O5. The number of hydrogen-bond donors (Lipinski definition) is 2. The van der Waals surface area contributed by atoms with Gasteiger partial charge in [0.2, 0.25) is 17.6 Å². The molecule has 2 fully saturated rings. The summed E-state index contributed by atoms with van der Waals surface area (Å²) in [5, 5.41) is 5.62. The number of nitrogens with zero attached hydrogens (tertiary/aromatic N) is 5. The number of carbonyl (C=O) groups excluding carboxylic acids is 3. The summed E-state index contributed by atoms with van der Waals surface area (Å²) in [6.45, 7) is 13.3. The maximum absolute atomic E-state index is 13.4. The van der Waals surface area contributed by atoms with Crippen molar-refractivity contribution in [1.82, 2.24) is 30.5 Å². The lowest BCUT2D eigenvalue weighted by atomic mass is 9.87. The number of anilines is 1. The lowest BCUT2D eigenvalue weighted by molar-refractivity contribution is -0.123. The molecule has 12 heteroatoms. The molecule has 0 bridgehead atoms. The molecule has 2 aromatic rings. The first kappa shape index (κ1) is 31.4. The molecule has 0 aliphatic carbocycles. The summed E-state index contributed by atoms with van der Waals surface area (Å²) in [4.78, 5) is 56.7. The third kappa shape index (κ3) is 8.73. The van der Waals surface area contributed by atoms with E-state index in [0.29, 0.717) is 56.7 Å². The van der Waals surface area contributed by atoms with Gasteiger partial charge in [-0.25, -0.2) is 19.7 Å². The van der Waals surface area contributed by atoms with E-state index in [0.717, 1.165) is 25.9 Å². The zero-order chi connectivity index (χ0) is 30.3. The average Bonchev–Trinajstić information content (AvgIpc) is 3.38. The second-order valence-electron chi connectivity index (χ2n) is 12.7. The van der Waals surface area contributed by atoms with Crippen molar-refractivity contribution in [2.24, 2.45) is 11.3 Å². The summed E-state index contributed by atoms with van der Waals surface area (Å²) in [6, 6.07) is 0.706. The van der Waals surface area contributed by atoms with E-state index in [2.05, 4.69) is 39.3 Å². The smallest absolute Gasteiger partial charge is 0.318 e. The number of aromatic nitrogens is 3. The van der Waals surface area contributed by atoms with E-state index >= 15 is 0 Å². The third-order valence-corrected chi connectivity index (χ3v) is 7.40. The maximum Gasteiger partial charge on any atom is 0.318 e. The van der Waals surface area contributed by atoms with Crippen molar-refractivity contribution in [2.75, 3.05) is 50.8 Å². The van der Waals surface area contributed by atoms with Crippen molar-refractivity contribution < 1.29 is 23.5 Å². The van der Waals surface area contributed by atoms with Gasteiger partial charge in [0, 0.05) is 44.5 Å². The Hall–Kier alpha value is -3.54. The van der Waals surface area contributed by atoms with Gasteiger partial charge in [0.1, 0.15) is 6.04 Å². The molecule has 2 N–H and O–H groups in total. The number of nitrogens with one attached hydrogen (secondary N) is 2. The SMILES string of the molecule is CC(C)Cc1nc(C2CCN(c3ncccn3)CC2)oc1C(=O)CNC(=O)C(CC(C)(C)C)NC(=O)N1CCOCC1. The molecule has 2 aromatic heterocycles. The molecule has 230 valence electrons. The molecule has 0 radical (unpaired) electrons. The number of ether oxygens (including phenoxy) is 1. The van der Waals surface area contributed by atoms with E-state index in [4.69, 9.17) is 14.1 Å². The molecular weight excluding hydrogens is 538 g/mol. The van der Waals surface area contributed by atoms with Crippen LogP contribution in [0.1, 0.15) is 81.9 Å². The van der Waals surface area contributed by atoms with Crippen LogP contribution in [-0.4, -0.2) is 89.6 Å². The second kappa shape index (κ2) is 14.1. The monoisotopic (exact) mass is 583 g/mol. The molecule has 12 nitrogen and oxygen atoms in total. The number of piperidine rings is 1. The quantitative estimate of drug-likeness (QED) is 0.403. The summed E-state index contributed by atoms with van der Waals surface area (Å²) in [6.07, 6.45) is 6.10. The van der Waals surface area contributed by atoms with Crippen LogP contribution in [0.5, 0.6) is 0 Å². The van der Waals surface area contributed by atoms with E-state index in [1.165, 1.54) is 0 Å². The molecule has 1 atom stereocenters. The van der Waals surface area contributed by atoms with E-state index in [1.807, 2.05) is 20.8 Å². The molecule has 4 heterocycles. The fourth-order valence-corrected chi connectivity index (χ4v) is 5.27. The van der Waals surface area contributed by atoms with Gasteiger partial charge >= 0.3 is 6.03 Å². The van der Waals surface area contributed by atoms with Crippen LogP contribution in [0.4, 0.5) is 10.7 Å². The van der Waals surface area contributed by atoms with E-state index in [1.54, 1.807) is 23.4 Å². The molecule has 0 spiro atoms. The van der Waals surface area contributed by atoms with Gasteiger partial charge in [0.05, 0.1) is 25.5 Å². The number of amides is 3. The Morgan fingerprint density at radius 1 is 1.05 bits per heavy atom. The highest BCUT2D eigenvalue weighted by atomic mass is 16.5. The molecule has 4 rings (SSSR count). The third-order valence-electron chi connectivity index (χ3n) is 7.40. The number of hydrogen-bond acceptors (Lipinski definition) is 9. The van der Waals surface area contributed by atoms with Crippen LogP contribution in [-0.2, 0) is 16.0 Å². The fourth-order valence-electron chi connectivity index (χ4n) is 5.27. The van der Waals surface area contributed by atoms with Gasteiger partial charge in [-0.05, 0) is 43.1 Å². The highest BCUT2D eigenvalue weighted by Crippen LogP contribution is 2.31. The van der Waals surface area contributed by atoms with Crippen molar-refractivity contribution in [3.05, 3.63) is 35.8 Å². The van der Waals surface area contributed by atoms with Crippen LogP contribution >= 0.6 is 0 Å². The molecule has 42 heavy (non-hydrogen) atoms. The standard InChI is InChI=1S/C30H45N7O5/c1-20(2)17-22-25(42-27(34-22)21-7-11-36(12-8-21)28-31-9-6-10-32-28)24(38)19-33-26(39)23(18-30(3,4)5)35-29(40)37-13-15-41-16-14-37/h6,9-10,20-21,23H,7-8,11-19H2,1-5H3,(H,33,39)(H,35,40). The normalized spacial score (nSPS) is 17.3. The van der Waals surface area contributed by atoms with E-state index < -0.39 is 11.9 Å². The van der Waals surface area contributed by atoms with Gasteiger partial charge in [-0.2, -0.15) is 0 Å². The number of morpholine rings is 1. The highest BCUT2D eigenvalue weighted by Gasteiger charge is 2.31. The Labute approximate surface area is 248 Å². The van der Waals surface area contributed by atoms with Gasteiger partial charge in [-0.1, -0.05) is 34.6 Å². The first-order valence-corrected chi connectivity index (χ1v) is 15.0. The van der Waals surface area contributed by atoms with Crippen LogP contribution in [0.2, 0.25) is 0 Å². The zero-order valence-corrected chi connectivity index (χ0v) is 25.5. The van der Waals surface area contributed by atoms with Crippen LogP contribution in [0.15, 0.2) is 22.9 Å². The van der Waals surface area contributed by atoms with Gasteiger partial charge in [-0.3, -0.25) is 9.59 Å². The Kier molecular flexibility index (Phi) is 10.5. The van der Waals surface area contributed by atoms with Crippen molar-refractivity contribution in [3.63, 3.8) is 0 Å². The maximum atomic E-state index is 13.4. The van der Waals surface area contributed by atoms with Crippen molar-refractivity contribution >= 4 is 23.7 Å². The molecule has 2 aliphatic rings. The van der Waals surface area contributed by atoms with Gasteiger partial charge < -0.3 is 29.6 Å². The number of rotatable bonds is 10. The Morgan fingerprint density at radius 3 is 2.33 bits per heavy atom. The predicted molar refractivity (Wildman–Crippen MR) is 157 cm³/mol. The minimum atomic E-state index is -0.785. The average molecular weight is 584 g/mol. The summed E-state index contributed by atoms with van der Waals surface area (Å²) in [5.41, 5.74) is 0.400. The van der Waals surface area contributed by atoms with Gasteiger partial charge in [0.15, 0.2) is 11.7 Å². The lowest BCUT2D eigenvalue weighted by Gasteiger charge is -2.31. The van der Waals surface area contributed by atoms with Crippen molar-refractivity contribution in [1.29, 1.82) is 0 Å². The predicted octanol–water partition coefficient (Wildman–Crippen LogP) is 3.19. The summed E-state index contributed by atoms with van der Waals surface area (Å²) >= 11 is 0. The molecule has 0 saturated carbocycles. The van der Waals surface area contributed by atoms with Gasteiger partial charge in [-0.15, -0.1) is 0 Å². The number of oxazole rings is 1. The summed E-state index contributed by atoms with van der Waals surface area (Å²) in [5.74, 6) is 1.10. The van der Waals surface area contributed by atoms with Crippen molar-refractivity contribution in [3.8, 4) is 0 Å². The number of carbonyl (C=O) groups is 3. The van der Waals surface area contributed by atoms with Crippen LogP contribution in [0.3, 0.4) is 0 Å². The summed E-state index contributed by atoms with van der Waals surface area (Å²) < 4.78 is 11.5.